The molecular weight excluding hydrogens is 252 g/mol. The normalized spacial score (nSPS) is 22.8. The predicted octanol–water partition coefficient (Wildman–Crippen LogP) is 2.14. The van der Waals surface area contributed by atoms with Gasteiger partial charge >= 0.3 is 0 Å². The fraction of sp³-hybridized carbons (Fsp3) is 1.00. The molecule has 20 heavy (non-hydrogen) atoms. The molecule has 4 heteroatoms. The van der Waals surface area contributed by atoms with E-state index < -0.39 is 0 Å². The fourth-order valence-corrected chi connectivity index (χ4v) is 3.13. The minimum Gasteiger partial charge on any atom is -0.385 e. The summed E-state index contributed by atoms with van der Waals surface area (Å²) in [6.07, 6.45) is 6.43. The summed E-state index contributed by atoms with van der Waals surface area (Å²) in [5.41, 5.74) is 0. The first-order valence-corrected chi connectivity index (χ1v) is 8.25. The van der Waals surface area contributed by atoms with Crippen LogP contribution in [0, 0.1) is 5.92 Å². The highest BCUT2D eigenvalue weighted by Gasteiger charge is 2.27. The van der Waals surface area contributed by atoms with Crippen LogP contribution in [0.5, 0.6) is 0 Å². The molecule has 4 nitrogen and oxygen atoms in total. The summed E-state index contributed by atoms with van der Waals surface area (Å²) in [5, 5.41) is 3.73. The monoisotopic (exact) mass is 286 g/mol. The lowest BCUT2D eigenvalue weighted by Crippen LogP contribution is -2.41. The van der Waals surface area contributed by atoms with Gasteiger partial charge in [-0.15, -0.1) is 0 Å². The van der Waals surface area contributed by atoms with Gasteiger partial charge in [-0.2, -0.15) is 0 Å². The summed E-state index contributed by atoms with van der Waals surface area (Å²) in [7, 11) is 3.57. The van der Waals surface area contributed by atoms with E-state index in [0.29, 0.717) is 0 Å². The van der Waals surface area contributed by atoms with Gasteiger partial charge < -0.3 is 19.7 Å². The van der Waals surface area contributed by atoms with Gasteiger partial charge in [0.25, 0.3) is 0 Å². The maximum atomic E-state index is 5.25. The maximum Gasteiger partial charge on any atom is 0.0589 e. The van der Waals surface area contributed by atoms with E-state index in [4.69, 9.17) is 9.47 Å². The lowest BCUT2D eigenvalue weighted by Gasteiger charge is -2.29. The first-order valence-electron chi connectivity index (χ1n) is 8.25. The second-order valence-electron chi connectivity index (χ2n) is 5.89. The van der Waals surface area contributed by atoms with E-state index in [1.165, 1.54) is 32.2 Å². The van der Waals surface area contributed by atoms with Gasteiger partial charge in [0.15, 0.2) is 0 Å². The van der Waals surface area contributed by atoms with Gasteiger partial charge in [0, 0.05) is 46.5 Å². The maximum absolute atomic E-state index is 5.25. The van der Waals surface area contributed by atoms with Crippen LogP contribution in [0.3, 0.4) is 0 Å². The zero-order chi connectivity index (χ0) is 14.6. The highest BCUT2D eigenvalue weighted by Crippen LogP contribution is 2.26. The molecule has 0 amide bonds. The molecule has 1 saturated carbocycles. The van der Waals surface area contributed by atoms with Crippen molar-refractivity contribution < 1.29 is 9.47 Å². The number of nitrogens with zero attached hydrogens (tertiary/aromatic N) is 1. The minimum atomic E-state index is 0.724. The lowest BCUT2D eigenvalue weighted by molar-refractivity contribution is 0.119. The Morgan fingerprint density at radius 1 is 1.10 bits per heavy atom. The van der Waals surface area contributed by atoms with Gasteiger partial charge in [0.1, 0.15) is 0 Å². The Labute approximate surface area is 125 Å². The summed E-state index contributed by atoms with van der Waals surface area (Å²) in [6.45, 7) is 8.44. The van der Waals surface area contributed by atoms with Crippen LogP contribution in [0.25, 0.3) is 0 Å². The highest BCUT2D eigenvalue weighted by atomic mass is 16.5. The standard InChI is InChI=1S/C16H34N2O2/c1-4-9-17-16-8-5-7-15(16)14-18(11-13-20-3)10-6-12-19-2/h15-17H,4-14H2,1-3H3. The Morgan fingerprint density at radius 3 is 2.60 bits per heavy atom. The molecule has 0 saturated heterocycles. The van der Waals surface area contributed by atoms with E-state index in [-0.39, 0.29) is 0 Å². The molecule has 1 rings (SSSR count). The van der Waals surface area contributed by atoms with Crippen LogP contribution in [0.2, 0.25) is 0 Å². The topological polar surface area (TPSA) is 33.7 Å². The average Bonchev–Trinajstić information content (AvgIpc) is 2.89. The number of hydrogen-bond acceptors (Lipinski definition) is 4. The van der Waals surface area contributed by atoms with Crippen molar-refractivity contribution in [1.29, 1.82) is 0 Å². The second-order valence-corrected chi connectivity index (χ2v) is 5.89. The minimum absolute atomic E-state index is 0.724. The Kier molecular flexibility index (Phi) is 10.3. The Morgan fingerprint density at radius 2 is 1.90 bits per heavy atom. The van der Waals surface area contributed by atoms with Crippen molar-refractivity contribution in [2.45, 2.75) is 45.1 Å². The van der Waals surface area contributed by atoms with Crippen molar-refractivity contribution in [3.05, 3.63) is 0 Å². The van der Waals surface area contributed by atoms with E-state index in [9.17, 15) is 0 Å². The number of hydrogen-bond donors (Lipinski definition) is 1. The van der Waals surface area contributed by atoms with Crippen LogP contribution in [-0.2, 0) is 9.47 Å². The van der Waals surface area contributed by atoms with Crippen molar-refractivity contribution in [3.63, 3.8) is 0 Å². The number of methoxy groups -OCH3 is 2. The Hall–Kier alpha value is -0.160. The molecule has 1 N–H and O–H groups in total. The molecule has 0 radical (unpaired) electrons. The molecule has 0 bridgehead atoms. The quantitative estimate of drug-likeness (QED) is 0.557. The van der Waals surface area contributed by atoms with Crippen LogP contribution < -0.4 is 5.32 Å². The lowest BCUT2D eigenvalue weighted by atomic mass is 10.0. The van der Waals surface area contributed by atoms with E-state index in [1.807, 2.05) is 0 Å². The highest BCUT2D eigenvalue weighted by molar-refractivity contribution is 4.85. The molecule has 0 spiro atoms. The van der Waals surface area contributed by atoms with Crippen LogP contribution in [0.15, 0.2) is 0 Å². The van der Waals surface area contributed by atoms with Crippen molar-refractivity contribution in [1.82, 2.24) is 10.2 Å². The third kappa shape index (κ3) is 7.02. The molecule has 0 aliphatic heterocycles. The molecule has 2 unspecified atom stereocenters. The summed E-state index contributed by atoms with van der Waals surface area (Å²) in [5.74, 6) is 0.806. The zero-order valence-corrected chi connectivity index (χ0v) is 13.7. The Bertz CT molecular complexity index is 227. The second kappa shape index (κ2) is 11.5. The first-order chi connectivity index (χ1) is 9.81. The molecular formula is C16H34N2O2. The largest absolute Gasteiger partial charge is 0.385 e. The van der Waals surface area contributed by atoms with Crippen LogP contribution in [0.4, 0.5) is 0 Å². The third-order valence-corrected chi connectivity index (χ3v) is 4.24. The molecule has 1 aliphatic rings. The summed E-state index contributed by atoms with van der Waals surface area (Å²) >= 11 is 0. The van der Waals surface area contributed by atoms with Gasteiger partial charge in [-0.3, -0.25) is 0 Å². The first kappa shape index (κ1) is 17.9. The smallest absolute Gasteiger partial charge is 0.0589 e. The van der Waals surface area contributed by atoms with Crippen molar-refractivity contribution >= 4 is 0 Å². The molecule has 1 aliphatic carbocycles. The number of ether oxygens (including phenoxy) is 2. The molecule has 0 aromatic rings. The zero-order valence-electron chi connectivity index (χ0n) is 13.7. The Balaban J connectivity index is 2.36. The van der Waals surface area contributed by atoms with E-state index in [1.54, 1.807) is 14.2 Å². The molecule has 0 heterocycles. The van der Waals surface area contributed by atoms with Gasteiger partial charge in [0.05, 0.1) is 6.61 Å². The van der Waals surface area contributed by atoms with Crippen LogP contribution in [0.1, 0.15) is 39.0 Å². The molecule has 0 aromatic heterocycles. The molecule has 1 fully saturated rings. The van der Waals surface area contributed by atoms with Gasteiger partial charge in [-0.1, -0.05) is 13.3 Å². The van der Waals surface area contributed by atoms with E-state index >= 15 is 0 Å². The molecule has 120 valence electrons. The molecule has 0 aromatic carbocycles. The number of rotatable bonds is 12. The summed E-state index contributed by atoms with van der Waals surface area (Å²) in [6, 6.07) is 0.724. The number of nitrogens with one attached hydrogen (secondary N) is 1. The predicted molar refractivity (Wildman–Crippen MR) is 84.2 cm³/mol. The van der Waals surface area contributed by atoms with Crippen LogP contribution >= 0.6 is 0 Å². The van der Waals surface area contributed by atoms with Gasteiger partial charge in [-0.05, 0) is 38.1 Å². The van der Waals surface area contributed by atoms with Gasteiger partial charge in [-0.25, -0.2) is 0 Å². The summed E-state index contributed by atoms with van der Waals surface area (Å²) < 4.78 is 10.4. The third-order valence-electron chi connectivity index (χ3n) is 4.24. The average molecular weight is 286 g/mol. The fourth-order valence-electron chi connectivity index (χ4n) is 3.13. The molecule has 2 atom stereocenters. The van der Waals surface area contributed by atoms with Crippen molar-refractivity contribution in [3.8, 4) is 0 Å². The van der Waals surface area contributed by atoms with E-state index in [2.05, 4.69) is 17.1 Å². The van der Waals surface area contributed by atoms with E-state index in [0.717, 1.165) is 51.2 Å². The summed E-state index contributed by atoms with van der Waals surface area (Å²) in [4.78, 5) is 2.55. The van der Waals surface area contributed by atoms with Crippen molar-refractivity contribution in [2.24, 2.45) is 5.92 Å². The van der Waals surface area contributed by atoms with Gasteiger partial charge in [0.2, 0.25) is 0 Å². The van der Waals surface area contributed by atoms with Crippen molar-refractivity contribution in [2.75, 3.05) is 53.6 Å². The van der Waals surface area contributed by atoms with Crippen LogP contribution in [-0.4, -0.2) is 64.6 Å². The SMILES string of the molecule is CCCNC1CCCC1CN(CCCOC)CCOC.